The fourth-order valence-corrected chi connectivity index (χ4v) is 2.71. The first kappa shape index (κ1) is 14.6. The number of hydrogen-bond acceptors (Lipinski definition) is 4. The molecule has 1 atom stereocenters. The molecule has 0 aliphatic rings. The average Bonchev–Trinajstić information content (AvgIpc) is 3.04. The first-order valence-corrected chi connectivity index (χ1v) is 7.59. The molecular weight excluding hydrogens is 282 g/mol. The molecule has 0 amide bonds. The quantitative estimate of drug-likeness (QED) is 0.740. The van der Waals surface area contributed by atoms with E-state index in [0.717, 1.165) is 29.7 Å². The number of hydrogen-bond donors (Lipinski definition) is 1. The van der Waals surface area contributed by atoms with Crippen molar-refractivity contribution < 1.29 is 9.15 Å². The monoisotopic (exact) mass is 299 g/mol. The van der Waals surface area contributed by atoms with Crippen LogP contribution in [-0.2, 0) is 11.3 Å². The maximum absolute atomic E-state index is 5.92. The van der Waals surface area contributed by atoms with Gasteiger partial charge in [-0.25, -0.2) is 0 Å². The van der Waals surface area contributed by atoms with Crippen LogP contribution in [0.1, 0.15) is 30.7 Å². The van der Waals surface area contributed by atoms with Gasteiger partial charge in [-0.3, -0.25) is 0 Å². The van der Waals surface area contributed by atoms with Crippen molar-refractivity contribution in [1.29, 1.82) is 0 Å². The second-order valence-corrected chi connectivity index (χ2v) is 5.89. The third-order valence-corrected chi connectivity index (χ3v) is 3.94. The van der Waals surface area contributed by atoms with E-state index in [0.29, 0.717) is 12.6 Å². The van der Waals surface area contributed by atoms with E-state index in [1.807, 2.05) is 18.2 Å². The highest BCUT2D eigenvalue weighted by Crippen LogP contribution is 2.24. The smallest absolute Gasteiger partial charge is 0.129 e. The lowest BCUT2D eigenvalue weighted by Crippen LogP contribution is -2.20. The third kappa shape index (κ3) is 4.99. The van der Waals surface area contributed by atoms with Crippen molar-refractivity contribution >= 4 is 22.9 Å². The molecule has 0 spiro atoms. The van der Waals surface area contributed by atoms with Gasteiger partial charge in [0, 0.05) is 12.6 Å². The number of furan rings is 1. The van der Waals surface area contributed by atoms with Gasteiger partial charge in [-0.15, -0.1) is 11.3 Å². The summed E-state index contributed by atoms with van der Waals surface area (Å²) >= 11 is 7.49. The molecular formula is C14H18ClNO2S. The van der Waals surface area contributed by atoms with Crippen LogP contribution in [0.3, 0.4) is 0 Å². The van der Waals surface area contributed by atoms with Gasteiger partial charge in [0.05, 0.1) is 10.6 Å². The lowest BCUT2D eigenvalue weighted by atomic mass is 10.2. The number of halogens is 1. The normalized spacial score (nSPS) is 12.7. The predicted octanol–water partition coefficient (Wildman–Crippen LogP) is 4.25. The summed E-state index contributed by atoms with van der Waals surface area (Å²) in [4.78, 5) is 0. The van der Waals surface area contributed by atoms with Crippen LogP contribution in [0, 0.1) is 0 Å². The number of nitrogens with one attached hydrogen (secondary N) is 1. The molecule has 0 radical (unpaired) electrons. The Bertz CT molecular complexity index is 470. The van der Waals surface area contributed by atoms with E-state index in [-0.39, 0.29) is 0 Å². The van der Waals surface area contributed by atoms with Crippen LogP contribution in [0.15, 0.2) is 34.3 Å². The van der Waals surface area contributed by atoms with E-state index >= 15 is 0 Å². The first-order chi connectivity index (χ1) is 9.25. The Kier molecular flexibility index (Phi) is 5.92. The van der Waals surface area contributed by atoms with Crippen molar-refractivity contribution in [2.45, 2.75) is 26.0 Å². The SMILES string of the molecule is CC(NCCCOCc1ccco1)c1csc(Cl)c1. The number of rotatable bonds is 8. The molecule has 0 saturated carbocycles. The summed E-state index contributed by atoms with van der Waals surface area (Å²) in [6.45, 7) is 4.34. The molecule has 0 fully saturated rings. The molecule has 0 aliphatic carbocycles. The first-order valence-electron chi connectivity index (χ1n) is 6.33. The van der Waals surface area contributed by atoms with Gasteiger partial charge in [-0.1, -0.05) is 11.6 Å². The Morgan fingerprint density at radius 2 is 2.42 bits per heavy atom. The van der Waals surface area contributed by atoms with Crippen LogP contribution in [0.5, 0.6) is 0 Å². The van der Waals surface area contributed by atoms with E-state index < -0.39 is 0 Å². The van der Waals surface area contributed by atoms with Gasteiger partial charge < -0.3 is 14.5 Å². The van der Waals surface area contributed by atoms with E-state index in [1.54, 1.807) is 17.6 Å². The van der Waals surface area contributed by atoms with Crippen molar-refractivity contribution in [2.24, 2.45) is 0 Å². The van der Waals surface area contributed by atoms with Gasteiger partial charge in [0.1, 0.15) is 12.4 Å². The maximum Gasteiger partial charge on any atom is 0.129 e. The highest BCUT2D eigenvalue weighted by atomic mass is 35.5. The Hall–Kier alpha value is -0.810. The molecule has 0 aliphatic heterocycles. The highest BCUT2D eigenvalue weighted by Gasteiger charge is 2.06. The molecule has 0 aromatic carbocycles. The molecule has 2 aromatic heterocycles. The Labute approximate surface area is 122 Å². The molecule has 1 N–H and O–H groups in total. The summed E-state index contributed by atoms with van der Waals surface area (Å²) in [6.07, 6.45) is 2.64. The van der Waals surface area contributed by atoms with Gasteiger partial charge in [0.2, 0.25) is 0 Å². The van der Waals surface area contributed by atoms with Gasteiger partial charge in [0.15, 0.2) is 0 Å². The average molecular weight is 300 g/mol. The number of ether oxygens (including phenoxy) is 1. The largest absolute Gasteiger partial charge is 0.467 e. The van der Waals surface area contributed by atoms with Crippen LogP contribution in [0.25, 0.3) is 0 Å². The molecule has 5 heteroatoms. The summed E-state index contributed by atoms with van der Waals surface area (Å²) < 4.78 is 11.5. The van der Waals surface area contributed by atoms with Gasteiger partial charge in [-0.2, -0.15) is 0 Å². The fraction of sp³-hybridized carbons (Fsp3) is 0.429. The van der Waals surface area contributed by atoms with E-state index in [9.17, 15) is 0 Å². The third-order valence-electron chi connectivity index (χ3n) is 2.83. The zero-order valence-corrected chi connectivity index (χ0v) is 12.5. The van der Waals surface area contributed by atoms with Crippen molar-refractivity contribution in [3.05, 3.63) is 45.5 Å². The van der Waals surface area contributed by atoms with Gasteiger partial charge in [0.25, 0.3) is 0 Å². The number of thiophene rings is 1. The van der Waals surface area contributed by atoms with E-state index in [4.69, 9.17) is 20.8 Å². The lowest BCUT2D eigenvalue weighted by Gasteiger charge is -2.12. The van der Waals surface area contributed by atoms with E-state index in [2.05, 4.69) is 17.6 Å². The Morgan fingerprint density at radius 1 is 1.53 bits per heavy atom. The Morgan fingerprint density at radius 3 is 3.11 bits per heavy atom. The predicted molar refractivity (Wildman–Crippen MR) is 78.7 cm³/mol. The van der Waals surface area contributed by atoms with Crippen LogP contribution in [0.2, 0.25) is 4.34 Å². The summed E-state index contributed by atoms with van der Waals surface area (Å²) in [6, 6.07) is 6.13. The minimum absolute atomic E-state index is 0.328. The summed E-state index contributed by atoms with van der Waals surface area (Å²) in [5.74, 6) is 0.870. The molecule has 104 valence electrons. The second kappa shape index (κ2) is 7.70. The molecule has 0 saturated heterocycles. The standard InChI is InChI=1S/C14H18ClNO2S/c1-11(12-8-14(15)19-10-12)16-5-3-6-17-9-13-4-2-7-18-13/h2,4,7-8,10-11,16H,3,5-6,9H2,1H3. The molecule has 19 heavy (non-hydrogen) atoms. The fourth-order valence-electron chi connectivity index (χ4n) is 1.73. The summed E-state index contributed by atoms with van der Waals surface area (Å²) in [5, 5.41) is 5.54. The van der Waals surface area contributed by atoms with Crippen LogP contribution < -0.4 is 5.32 Å². The highest BCUT2D eigenvalue weighted by molar-refractivity contribution is 7.14. The van der Waals surface area contributed by atoms with Crippen molar-refractivity contribution in [3.8, 4) is 0 Å². The Balaban J connectivity index is 1.54. The topological polar surface area (TPSA) is 34.4 Å². The maximum atomic E-state index is 5.92. The van der Waals surface area contributed by atoms with Crippen molar-refractivity contribution in [3.63, 3.8) is 0 Å². The van der Waals surface area contributed by atoms with E-state index in [1.165, 1.54) is 5.56 Å². The summed E-state index contributed by atoms with van der Waals surface area (Å²) in [7, 11) is 0. The van der Waals surface area contributed by atoms with Gasteiger partial charge >= 0.3 is 0 Å². The molecule has 1 unspecified atom stereocenters. The van der Waals surface area contributed by atoms with Crippen LogP contribution in [0.4, 0.5) is 0 Å². The van der Waals surface area contributed by atoms with Gasteiger partial charge in [-0.05, 0) is 49.0 Å². The minimum Gasteiger partial charge on any atom is -0.467 e. The minimum atomic E-state index is 0.328. The zero-order valence-electron chi connectivity index (χ0n) is 10.9. The van der Waals surface area contributed by atoms with Crippen LogP contribution in [-0.4, -0.2) is 13.2 Å². The second-order valence-electron chi connectivity index (χ2n) is 4.35. The molecule has 2 aromatic rings. The molecule has 0 bridgehead atoms. The lowest BCUT2D eigenvalue weighted by molar-refractivity contribution is 0.104. The zero-order chi connectivity index (χ0) is 13.5. The summed E-state index contributed by atoms with van der Waals surface area (Å²) in [5.41, 5.74) is 1.24. The van der Waals surface area contributed by atoms with Crippen LogP contribution >= 0.6 is 22.9 Å². The molecule has 3 nitrogen and oxygen atoms in total. The van der Waals surface area contributed by atoms with Crippen molar-refractivity contribution in [2.75, 3.05) is 13.2 Å². The van der Waals surface area contributed by atoms with Crippen molar-refractivity contribution in [1.82, 2.24) is 5.32 Å². The molecule has 2 rings (SSSR count). The molecule has 2 heterocycles.